The van der Waals surface area contributed by atoms with E-state index in [4.69, 9.17) is 10.5 Å². The maximum Gasteiger partial charge on any atom is 0.433 e. The van der Waals surface area contributed by atoms with Gasteiger partial charge in [0.25, 0.3) is 0 Å². The van der Waals surface area contributed by atoms with Gasteiger partial charge < -0.3 is 10.5 Å². The van der Waals surface area contributed by atoms with Gasteiger partial charge in [0, 0.05) is 11.8 Å². The summed E-state index contributed by atoms with van der Waals surface area (Å²) in [6.07, 6.45) is -3.60. The molecule has 4 nitrogen and oxygen atoms in total. The molecule has 2 aromatic carbocycles. The summed E-state index contributed by atoms with van der Waals surface area (Å²) in [5.74, 6) is -0.178. The molecule has 1 aliphatic heterocycles. The third kappa shape index (κ3) is 3.04. The molecular weight excluding hydrogens is 466 g/mol. The van der Waals surface area contributed by atoms with Crippen molar-refractivity contribution in [3.05, 3.63) is 93.0 Å². The van der Waals surface area contributed by atoms with Crippen molar-refractivity contribution in [2.45, 2.75) is 11.7 Å². The number of fused-ring (bicyclic) bond motifs is 1. The Morgan fingerprint density at radius 2 is 1.80 bits per heavy atom. The molecule has 2 heterocycles. The topological polar surface area (TPSA) is 60.5 Å². The summed E-state index contributed by atoms with van der Waals surface area (Å²) in [5.41, 5.74) is 4.54. The molecule has 0 aliphatic carbocycles. The predicted octanol–water partition coefficient (Wildman–Crippen LogP) is 5.02. The number of amidine groups is 1. The fraction of sp³-hybridized carbons (Fsp3) is 0.143. The first-order chi connectivity index (χ1) is 14.2. The molecule has 3 aromatic rings. The number of rotatable bonds is 3. The highest BCUT2D eigenvalue weighted by Gasteiger charge is 2.45. The number of hydrogen-bond acceptors (Lipinski definition) is 4. The van der Waals surface area contributed by atoms with Gasteiger partial charge in [-0.15, -0.1) is 0 Å². The zero-order chi connectivity index (χ0) is 21.7. The molecule has 0 spiro atoms. The van der Waals surface area contributed by atoms with Crippen LogP contribution in [-0.2, 0) is 11.7 Å². The van der Waals surface area contributed by atoms with Gasteiger partial charge in [0.05, 0.1) is 17.1 Å². The molecule has 0 saturated carbocycles. The van der Waals surface area contributed by atoms with Crippen molar-refractivity contribution in [3.63, 3.8) is 0 Å². The molecule has 154 valence electrons. The van der Waals surface area contributed by atoms with Gasteiger partial charge in [-0.3, -0.25) is 4.98 Å². The van der Waals surface area contributed by atoms with Crippen LogP contribution in [-0.4, -0.2) is 17.9 Å². The molecule has 30 heavy (non-hydrogen) atoms. The van der Waals surface area contributed by atoms with Crippen molar-refractivity contribution in [1.82, 2.24) is 4.98 Å². The predicted molar refractivity (Wildman–Crippen MR) is 107 cm³/mol. The van der Waals surface area contributed by atoms with Crippen LogP contribution in [0.5, 0.6) is 5.75 Å². The van der Waals surface area contributed by atoms with Crippen molar-refractivity contribution in [1.29, 1.82) is 0 Å². The van der Waals surface area contributed by atoms with Crippen LogP contribution in [0.1, 0.15) is 27.9 Å². The molecule has 0 radical (unpaired) electrons. The first-order valence-corrected chi connectivity index (χ1v) is 9.50. The quantitative estimate of drug-likeness (QED) is 0.536. The second-order valence-corrected chi connectivity index (χ2v) is 7.50. The summed E-state index contributed by atoms with van der Waals surface area (Å²) < 4.78 is 60.5. The number of ether oxygens (including phenoxy) is 1. The molecule has 1 atom stereocenters. The van der Waals surface area contributed by atoms with E-state index in [0.717, 1.165) is 12.3 Å². The summed E-state index contributed by atoms with van der Waals surface area (Å²) >= 11 is 3.40. The zero-order valence-corrected chi connectivity index (χ0v) is 17.1. The molecule has 1 unspecified atom stereocenters. The molecule has 9 heteroatoms. The van der Waals surface area contributed by atoms with Crippen LogP contribution in [0.4, 0.5) is 17.6 Å². The Morgan fingerprint density at radius 1 is 1.07 bits per heavy atom. The van der Waals surface area contributed by atoms with E-state index in [-0.39, 0.29) is 17.0 Å². The minimum atomic E-state index is -4.66. The lowest BCUT2D eigenvalue weighted by Gasteiger charge is -2.30. The highest BCUT2D eigenvalue weighted by atomic mass is 79.9. The van der Waals surface area contributed by atoms with Gasteiger partial charge in [-0.25, -0.2) is 9.38 Å². The first-order valence-electron chi connectivity index (χ1n) is 8.71. The number of aliphatic imine (C=N–C) groups is 1. The molecule has 0 amide bonds. The molecule has 1 aliphatic rings. The van der Waals surface area contributed by atoms with Gasteiger partial charge in [0.2, 0.25) is 0 Å². The normalized spacial score (nSPS) is 18.1. The minimum absolute atomic E-state index is 0.0646. The maximum atomic E-state index is 14.6. The Morgan fingerprint density at radius 3 is 2.47 bits per heavy atom. The lowest BCUT2D eigenvalue weighted by Crippen LogP contribution is -2.26. The van der Waals surface area contributed by atoms with E-state index in [9.17, 15) is 17.6 Å². The number of aromatic nitrogens is 1. The number of halogens is 5. The molecule has 0 saturated heterocycles. The summed E-state index contributed by atoms with van der Waals surface area (Å²) in [7, 11) is 1.49. The van der Waals surface area contributed by atoms with Crippen LogP contribution in [0.15, 0.2) is 64.2 Å². The van der Waals surface area contributed by atoms with Crippen LogP contribution in [0, 0.1) is 5.82 Å². The Labute approximate surface area is 177 Å². The Hall–Kier alpha value is -2.94. The lowest BCUT2D eigenvalue weighted by atomic mass is 9.77. The monoisotopic (exact) mass is 479 g/mol. The van der Waals surface area contributed by atoms with Crippen LogP contribution < -0.4 is 10.5 Å². The van der Waals surface area contributed by atoms with Crippen molar-refractivity contribution in [3.8, 4) is 5.75 Å². The van der Waals surface area contributed by atoms with Crippen LogP contribution in [0.25, 0.3) is 0 Å². The highest BCUT2D eigenvalue weighted by Crippen LogP contribution is 2.48. The average Bonchev–Trinajstić information content (AvgIpc) is 3.02. The summed E-state index contributed by atoms with van der Waals surface area (Å²) in [5, 5.41) is 0. The van der Waals surface area contributed by atoms with E-state index < -0.39 is 23.2 Å². The summed E-state index contributed by atoms with van der Waals surface area (Å²) in [4.78, 5) is 7.94. The average molecular weight is 480 g/mol. The standard InChI is InChI=1S/C21H14BrF4N3O/c1-30-16-6-5-11(9-14(16)22)20(12-7-8-28-17(10-12)21(24,25)26)13-3-2-4-15(23)18(13)19(27)29-20/h2-10H,1H3,(H2,27,29). The second-order valence-electron chi connectivity index (χ2n) is 6.65. The fourth-order valence-corrected chi connectivity index (χ4v) is 4.23. The van der Waals surface area contributed by atoms with Crippen LogP contribution in [0.2, 0.25) is 0 Å². The van der Waals surface area contributed by atoms with Gasteiger partial charge in [-0.2, -0.15) is 13.2 Å². The Bertz CT molecular complexity index is 1180. The van der Waals surface area contributed by atoms with E-state index in [1.54, 1.807) is 24.3 Å². The highest BCUT2D eigenvalue weighted by molar-refractivity contribution is 9.10. The number of alkyl halides is 3. The van der Waals surface area contributed by atoms with E-state index >= 15 is 0 Å². The van der Waals surface area contributed by atoms with Gasteiger partial charge in [0.15, 0.2) is 0 Å². The van der Waals surface area contributed by atoms with Crippen molar-refractivity contribution >= 4 is 21.8 Å². The van der Waals surface area contributed by atoms with Crippen LogP contribution in [0.3, 0.4) is 0 Å². The van der Waals surface area contributed by atoms with Crippen molar-refractivity contribution < 1.29 is 22.3 Å². The van der Waals surface area contributed by atoms with Gasteiger partial charge in [-0.1, -0.05) is 18.2 Å². The number of nitrogens with two attached hydrogens (primary N) is 1. The smallest absolute Gasteiger partial charge is 0.433 e. The number of methoxy groups -OCH3 is 1. The molecule has 0 bridgehead atoms. The largest absolute Gasteiger partial charge is 0.496 e. The number of hydrogen-bond donors (Lipinski definition) is 1. The molecular formula is C21H14BrF4N3O. The SMILES string of the molecule is COc1ccc(C2(c3ccnc(C(F)(F)F)c3)N=C(N)c3c(F)cccc32)cc1Br. The molecule has 2 N–H and O–H groups in total. The van der Waals surface area contributed by atoms with E-state index in [1.165, 1.54) is 25.3 Å². The van der Waals surface area contributed by atoms with Crippen LogP contribution >= 0.6 is 15.9 Å². The fourth-order valence-electron chi connectivity index (χ4n) is 3.69. The van der Waals surface area contributed by atoms with E-state index in [2.05, 4.69) is 25.9 Å². The zero-order valence-electron chi connectivity index (χ0n) is 15.5. The van der Waals surface area contributed by atoms with Crippen molar-refractivity contribution in [2.24, 2.45) is 10.7 Å². The van der Waals surface area contributed by atoms with Gasteiger partial charge in [0.1, 0.15) is 28.6 Å². The number of benzene rings is 2. The summed E-state index contributed by atoms with van der Waals surface area (Å²) in [6, 6.07) is 11.6. The number of pyridine rings is 1. The van der Waals surface area contributed by atoms with Gasteiger partial charge in [-0.05, 0) is 57.4 Å². The first kappa shape index (κ1) is 20.3. The molecule has 4 rings (SSSR count). The third-order valence-corrected chi connectivity index (χ3v) is 5.61. The van der Waals surface area contributed by atoms with Gasteiger partial charge >= 0.3 is 6.18 Å². The summed E-state index contributed by atoms with van der Waals surface area (Å²) in [6.45, 7) is 0. The molecule has 1 aromatic heterocycles. The second kappa shape index (κ2) is 7.09. The molecule has 0 fully saturated rings. The Kier molecular flexibility index (Phi) is 4.80. The number of nitrogens with zero attached hydrogens (tertiary/aromatic N) is 2. The Balaban J connectivity index is 2.07. The minimum Gasteiger partial charge on any atom is -0.496 e. The maximum absolute atomic E-state index is 14.6. The van der Waals surface area contributed by atoms with E-state index in [0.29, 0.717) is 21.3 Å². The third-order valence-electron chi connectivity index (χ3n) is 4.99. The lowest BCUT2D eigenvalue weighted by molar-refractivity contribution is -0.141. The van der Waals surface area contributed by atoms with E-state index in [1.807, 2.05) is 0 Å². The van der Waals surface area contributed by atoms with Crippen molar-refractivity contribution in [2.75, 3.05) is 7.11 Å².